The molecular formula is C17H14N4O. The zero-order valence-corrected chi connectivity index (χ0v) is 12.1. The number of hydrogen-bond donors (Lipinski definition) is 1. The lowest BCUT2D eigenvalue weighted by Gasteiger charge is -2.14. The first-order valence-corrected chi connectivity index (χ1v) is 6.94. The molecule has 0 amide bonds. The van der Waals surface area contributed by atoms with Gasteiger partial charge in [0.25, 0.3) is 0 Å². The van der Waals surface area contributed by atoms with Gasteiger partial charge in [-0.05, 0) is 42.3 Å². The van der Waals surface area contributed by atoms with Crippen LogP contribution in [0.1, 0.15) is 12.5 Å². The second-order valence-corrected chi connectivity index (χ2v) is 4.91. The first kappa shape index (κ1) is 13.8. The number of nitrogens with two attached hydrogens (primary N) is 1. The molecule has 0 bridgehead atoms. The maximum Gasteiger partial charge on any atom is 0.209 e. The summed E-state index contributed by atoms with van der Waals surface area (Å²) >= 11 is 0. The van der Waals surface area contributed by atoms with Crippen molar-refractivity contribution in [2.45, 2.75) is 13.5 Å². The van der Waals surface area contributed by atoms with E-state index in [1.54, 1.807) is 23.0 Å². The van der Waals surface area contributed by atoms with Crippen molar-refractivity contribution >= 4 is 16.7 Å². The Bertz CT molecular complexity index is 952. The fourth-order valence-corrected chi connectivity index (χ4v) is 2.64. The van der Waals surface area contributed by atoms with Crippen molar-refractivity contribution in [3.05, 3.63) is 58.5 Å². The summed E-state index contributed by atoms with van der Waals surface area (Å²) in [5.74, 6) is 0.217. The highest BCUT2D eigenvalue weighted by atomic mass is 16.1. The Morgan fingerprint density at radius 1 is 1.23 bits per heavy atom. The van der Waals surface area contributed by atoms with Crippen LogP contribution in [0.15, 0.2) is 47.5 Å². The third kappa shape index (κ3) is 2.02. The highest BCUT2D eigenvalue weighted by Crippen LogP contribution is 2.25. The zero-order chi connectivity index (χ0) is 15.7. The summed E-state index contributed by atoms with van der Waals surface area (Å²) in [6, 6.07) is 11.3. The average Bonchev–Trinajstić information content (AvgIpc) is 2.56. The smallest absolute Gasteiger partial charge is 0.209 e. The van der Waals surface area contributed by atoms with E-state index in [2.05, 4.69) is 4.98 Å². The molecule has 0 saturated carbocycles. The highest BCUT2D eigenvalue weighted by molar-refractivity contribution is 5.87. The molecular weight excluding hydrogens is 276 g/mol. The summed E-state index contributed by atoms with van der Waals surface area (Å²) in [6.45, 7) is 2.51. The molecule has 1 aromatic carbocycles. The monoisotopic (exact) mass is 290 g/mol. The van der Waals surface area contributed by atoms with Gasteiger partial charge in [0.15, 0.2) is 0 Å². The lowest BCUT2D eigenvalue weighted by molar-refractivity contribution is 0.798. The van der Waals surface area contributed by atoms with Gasteiger partial charge in [-0.15, -0.1) is 0 Å². The Labute approximate surface area is 127 Å². The van der Waals surface area contributed by atoms with Crippen LogP contribution < -0.4 is 11.2 Å². The molecule has 2 aromatic heterocycles. The molecule has 5 nitrogen and oxygen atoms in total. The molecule has 0 radical (unpaired) electrons. The van der Waals surface area contributed by atoms with Crippen LogP contribution in [0, 0.1) is 11.3 Å². The number of benzene rings is 1. The summed E-state index contributed by atoms with van der Waals surface area (Å²) in [6.07, 6.45) is 3.44. The van der Waals surface area contributed by atoms with Crippen molar-refractivity contribution in [3.8, 4) is 17.2 Å². The summed E-state index contributed by atoms with van der Waals surface area (Å²) < 4.78 is 1.79. The molecule has 0 saturated heterocycles. The molecule has 0 unspecified atom stereocenters. The minimum absolute atomic E-state index is 0.00557. The number of nitrogen functional groups attached to an aromatic ring is 1. The Morgan fingerprint density at radius 2 is 1.95 bits per heavy atom. The van der Waals surface area contributed by atoms with Crippen LogP contribution in [0.2, 0.25) is 0 Å². The van der Waals surface area contributed by atoms with E-state index < -0.39 is 0 Å². The molecule has 108 valence electrons. The van der Waals surface area contributed by atoms with Gasteiger partial charge < -0.3 is 10.3 Å². The average molecular weight is 290 g/mol. The molecule has 0 aliphatic heterocycles. The molecule has 5 heteroatoms. The van der Waals surface area contributed by atoms with Gasteiger partial charge in [0.05, 0.1) is 5.52 Å². The zero-order valence-electron chi connectivity index (χ0n) is 12.1. The quantitative estimate of drug-likeness (QED) is 0.786. The number of nitrogens with zero attached hydrogens (tertiary/aromatic N) is 3. The third-order valence-electron chi connectivity index (χ3n) is 3.75. The van der Waals surface area contributed by atoms with Crippen molar-refractivity contribution in [2.24, 2.45) is 0 Å². The molecule has 22 heavy (non-hydrogen) atoms. The fraction of sp³-hybridized carbons (Fsp3) is 0.118. The van der Waals surface area contributed by atoms with Crippen molar-refractivity contribution in [1.82, 2.24) is 9.55 Å². The van der Waals surface area contributed by atoms with Gasteiger partial charge in [-0.1, -0.05) is 6.07 Å². The van der Waals surface area contributed by atoms with E-state index in [4.69, 9.17) is 11.0 Å². The Hall–Kier alpha value is -3.13. The van der Waals surface area contributed by atoms with E-state index in [0.29, 0.717) is 11.9 Å². The molecule has 0 aliphatic rings. The van der Waals surface area contributed by atoms with Crippen LogP contribution in [-0.4, -0.2) is 9.55 Å². The van der Waals surface area contributed by atoms with Crippen molar-refractivity contribution in [1.29, 1.82) is 5.26 Å². The Kier molecular flexibility index (Phi) is 3.36. The molecule has 2 N–H and O–H groups in total. The minimum Gasteiger partial charge on any atom is -0.384 e. The molecule has 0 fully saturated rings. The largest absolute Gasteiger partial charge is 0.384 e. The van der Waals surface area contributed by atoms with Crippen LogP contribution in [-0.2, 0) is 6.54 Å². The van der Waals surface area contributed by atoms with Gasteiger partial charge in [-0.2, -0.15) is 5.26 Å². The Balaban J connectivity index is 2.38. The highest BCUT2D eigenvalue weighted by Gasteiger charge is 2.14. The number of aromatic nitrogens is 2. The fourth-order valence-electron chi connectivity index (χ4n) is 2.64. The van der Waals surface area contributed by atoms with E-state index in [-0.39, 0.29) is 16.8 Å². The van der Waals surface area contributed by atoms with E-state index >= 15 is 0 Å². The maximum atomic E-state index is 12.4. The number of fused-ring (bicyclic) bond motifs is 1. The lowest BCUT2D eigenvalue weighted by atomic mass is 10.0. The van der Waals surface area contributed by atoms with Gasteiger partial charge >= 0.3 is 0 Å². The third-order valence-corrected chi connectivity index (χ3v) is 3.75. The number of nitriles is 1. The number of rotatable bonds is 2. The molecule has 3 rings (SSSR count). The second kappa shape index (κ2) is 5.34. The second-order valence-electron chi connectivity index (χ2n) is 4.91. The predicted octanol–water partition coefficient (Wildman–Crippen LogP) is 2.54. The maximum absolute atomic E-state index is 12.4. The van der Waals surface area contributed by atoms with Crippen molar-refractivity contribution in [3.63, 3.8) is 0 Å². The summed E-state index contributed by atoms with van der Waals surface area (Å²) in [7, 11) is 0. The first-order chi connectivity index (χ1) is 10.7. The summed E-state index contributed by atoms with van der Waals surface area (Å²) in [4.78, 5) is 16.4. The predicted molar refractivity (Wildman–Crippen MR) is 86.2 cm³/mol. The SMILES string of the molecule is CCn1c(N)c(C#N)c(=O)c2ccc(-c3ccncc3)cc21. The van der Waals surface area contributed by atoms with E-state index in [0.717, 1.165) is 16.6 Å². The first-order valence-electron chi connectivity index (χ1n) is 6.94. The van der Waals surface area contributed by atoms with Gasteiger partial charge in [0.2, 0.25) is 5.43 Å². The van der Waals surface area contributed by atoms with E-state index in [1.807, 2.05) is 37.3 Å². The van der Waals surface area contributed by atoms with Gasteiger partial charge in [-0.3, -0.25) is 9.78 Å². The van der Waals surface area contributed by atoms with E-state index in [1.165, 1.54) is 0 Å². The Morgan fingerprint density at radius 3 is 2.59 bits per heavy atom. The standard InChI is InChI=1S/C17H14N4O/c1-2-21-15-9-12(11-5-7-20-8-6-11)3-4-13(15)16(22)14(10-18)17(21)19/h3-9H,2,19H2,1H3. The normalized spacial score (nSPS) is 10.5. The lowest BCUT2D eigenvalue weighted by Crippen LogP contribution is -2.18. The molecule has 0 spiro atoms. The van der Waals surface area contributed by atoms with Crippen LogP contribution in [0.5, 0.6) is 0 Å². The number of anilines is 1. The molecule has 0 aliphatic carbocycles. The van der Waals surface area contributed by atoms with Gasteiger partial charge in [0, 0.05) is 24.3 Å². The van der Waals surface area contributed by atoms with Crippen LogP contribution in [0.4, 0.5) is 5.82 Å². The van der Waals surface area contributed by atoms with Crippen molar-refractivity contribution < 1.29 is 0 Å². The van der Waals surface area contributed by atoms with E-state index in [9.17, 15) is 4.79 Å². The topological polar surface area (TPSA) is 84.7 Å². The minimum atomic E-state index is -0.319. The van der Waals surface area contributed by atoms with Gasteiger partial charge in [0.1, 0.15) is 17.5 Å². The molecule has 3 aromatic rings. The molecule has 0 atom stereocenters. The van der Waals surface area contributed by atoms with Gasteiger partial charge in [-0.25, -0.2) is 0 Å². The van der Waals surface area contributed by atoms with Crippen LogP contribution >= 0.6 is 0 Å². The number of hydrogen-bond acceptors (Lipinski definition) is 4. The summed E-state index contributed by atoms with van der Waals surface area (Å²) in [5, 5.41) is 9.67. The molecule has 2 heterocycles. The summed E-state index contributed by atoms with van der Waals surface area (Å²) in [5.41, 5.74) is 8.39. The number of aryl methyl sites for hydroxylation is 1. The number of pyridine rings is 2. The van der Waals surface area contributed by atoms with Crippen LogP contribution in [0.25, 0.3) is 22.0 Å². The van der Waals surface area contributed by atoms with Crippen LogP contribution in [0.3, 0.4) is 0 Å². The van der Waals surface area contributed by atoms with Crippen molar-refractivity contribution in [2.75, 3.05) is 5.73 Å².